The summed E-state index contributed by atoms with van der Waals surface area (Å²) in [5.41, 5.74) is 0. The molecule has 0 aromatic heterocycles. The number of ether oxygens (including phenoxy) is 1. The van der Waals surface area contributed by atoms with Gasteiger partial charge in [-0.05, 0) is 56.8 Å². The number of benzene rings is 1. The maximum absolute atomic E-state index is 11.5. The normalized spacial score (nSPS) is 14.5. The van der Waals surface area contributed by atoms with Crippen LogP contribution >= 0.6 is 47.8 Å². The van der Waals surface area contributed by atoms with Crippen molar-refractivity contribution in [3.63, 3.8) is 0 Å². The summed E-state index contributed by atoms with van der Waals surface area (Å²) in [4.78, 5) is 11.5. The van der Waals surface area contributed by atoms with Crippen molar-refractivity contribution in [3.05, 3.63) is 25.6 Å². The summed E-state index contributed by atoms with van der Waals surface area (Å²) in [6.07, 6.45) is 2.16. The molecule has 92 valence electrons. The zero-order valence-corrected chi connectivity index (χ0v) is 13.6. The van der Waals surface area contributed by atoms with Crippen molar-refractivity contribution in [2.45, 2.75) is 18.9 Å². The number of hydrogen-bond acceptors (Lipinski definition) is 2. The lowest BCUT2D eigenvalue weighted by atomic mass is 10.3. The van der Waals surface area contributed by atoms with E-state index >= 15 is 0 Å². The summed E-state index contributed by atoms with van der Waals surface area (Å²) in [5, 5.41) is 2.87. The van der Waals surface area contributed by atoms with Crippen molar-refractivity contribution in [2.75, 3.05) is 6.61 Å². The van der Waals surface area contributed by atoms with Crippen LogP contribution in [0.3, 0.4) is 0 Å². The summed E-state index contributed by atoms with van der Waals surface area (Å²) in [6.45, 7) is 0.0370. The van der Waals surface area contributed by atoms with Gasteiger partial charge in [0.25, 0.3) is 5.91 Å². The third-order valence-electron chi connectivity index (χ3n) is 2.25. The monoisotopic (exact) mass is 425 g/mol. The van der Waals surface area contributed by atoms with Crippen LogP contribution < -0.4 is 10.1 Å². The summed E-state index contributed by atoms with van der Waals surface area (Å²) >= 11 is 10.2. The topological polar surface area (TPSA) is 38.3 Å². The fourth-order valence-corrected chi connectivity index (χ4v) is 3.79. The zero-order chi connectivity index (χ0) is 12.4. The minimum Gasteiger partial charge on any atom is -0.481 e. The third kappa shape index (κ3) is 3.96. The number of carbonyl (C=O) groups excluding carboxylic acids is 1. The second kappa shape index (κ2) is 5.71. The number of carbonyl (C=O) groups is 1. The Kier molecular flexibility index (Phi) is 4.49. The van der Waals surface area contributed by atoms with E-state index in [0.29, 0.717) is 11.8 Å². The quantitative estimate of drug-likeness (QED) is 0.796. The van der Waals surface area contributed by atoms with Gasteiger partial charge in [-0.2, -0.15) is 0 Å². The van der Waals surface area contributed by atoms with Crippen LogP contribution in [0.5, 0.6) is 5.75 Å². The molecule has 0 radical (unpaired) electrons. The number of amides is 1. The molecule has 0 spiro atoms. The highest BCUT2D eigenvalue weighted by Gasteiger charge is 2.23. The Balaban J connectivity index is 1.95. The van der Waals surface area contributed by atoms with Crippen LogP contribution in [0.2, 0.25) is 0 Å². The number of hydrogen-bond donors (Lipinski definition) is 1. The molecule has 1 aromatic carbocycles. The molecule has 1 saturated carbocycles. The molecule has 1 fully saturated rings. The first-order valence-electron chi connectivity index (χ1n) is 5.13. The molecule has 1 amide bonds. The van der Waals surface area contributed by atoms with Crippen molar-refractivity contribution >= 4 is 53.7 Å². The maximum atomic E-state index is 11.5. The molecule has 0 bridgehead atoms. The van der Waals surface area contributed by atoms with Crippen molar-refractivity contribution < 1.29 is 9.53 Å². The summed E-state index contributed by atoms with van der Waals surface area (Å²) in [7, 11) is 0. The molecule has 0 saturated heterocycles. The van der Waals surface area contributed by atoms with Gasteiger partial charge in [0, 0.05) is 10.5 Å². The van der Waals surface area contributed by atoms with E-state index in [1.54, 1.807) is 0 Å². The molecule has 0 heterocycles. The molecule has 6 heteroatoms. The fourth-order valence-electron chi connectivity index (χ4n) is 1.30. The minimum atomic E-state index is -0.0748. The van der Waals surface area contributed by atoms with Crippen LogP contribution in [0.1, 0.15) is 12.8 Å². The predicted octanol–water partition coefficient (Wildman–Crippen LogP) is 3.63. The summed E-state index contributed by atoms with van der Waals surface area (Å²) in [5.74, 6) is 0.563. The van der Waals surface area contributed by atoms with Gasteiger partial charge in [-0.3, -0.25) is 4.79 Å². The first-order chi connectivity index (χ1) is 8.06. The standard InChI is InChI=1S/C11H10Br3NO2/c12-6-3-8(13)11(9(14)4-6)17-5-10(16)15-7-1-2-7/h3-4,7H,1-2,5H2,(H,15,16). The van der Waals surface area contributed by atoms with Crippen molar-refractivity contribution in [1.29, 1.82) is 0 Å². The largest absolute Gasteiger partial charge is 0.481 e. The highest BCUT2D eigenvalue weighted by Crippen LogP contribution is 2.36. The average Bonchev–Trinajstić information content (AvgIpc) is 2.99. The molecule has 1 aromatic rings. The number of nitrogens with one attached hydrogen (secondary N) is 1. The van der Waals surface area contributed by atoms with Crippen LogP contribution in [-0.4, -0.2) is 18.6 Å². The molecule has 0 aliphatic heterocycles. The Hall–Kier alpha value is -0.0700. The Morgan fingerprint density at radius 1 is 1.29 bits per heavy atom. The summed E-state index contributed by atoms with van der Waals surface area (Å²) < 4.78 is 8.03. The smallest absolute Gasteiger partial charge is 0.258 e. The Morgan fingerprint density at radius 3 is 2.41 bits per heavy atom. The molecular formula is C11H10Br3NO2. The maximum Gasteiger partial charge on any atom is 0.258 e. The van der Waals surface area contributed by atoms with Crippen molar-refractivity contribution in [3.8, 4) is 5.75 Å². The van der Waals surface area contributed by atoms with E-state index in [1.807, 2.05) is 12.1 Å². The fraction of sp³-hybridized carbons (Fsp3) is 0.364. The second-order valence-electron chi connectivity index (χ2n) is 3.83. The molecule has 0 atom stereocenters. The van der Waals surface area contributed by atoms with Gasteiger partial charge in [-0.25, -0.2) is 0 Å². The first kappa shape index (κ1) is 13.4. The lowest BCUT2D eigenvalue weighted by Crippen LogP contribution is -2.30. The van der Waals surface area contributed by atoms with Gasteiger partial charge in [-0.1, -0.05) is 15.9 Å². The van der Waals surface area contributed by atoms with Crippen LogP contribution in [0.15, 0.2) is 25.6 Å². The highest BCUT2D eigenvalue weighted by molar-refractivity contribution is 9.11. The SMILES string of the molecule is O=C(COc1c(Br)cc(Br)cc1Br)NC1CC1. The zero-order valence-electron chi connectivity index (χ0n) is 8.80. The van der Waals surface area contributed by atoms with E-state index in [4.69, 9.17) is 4.74 Å². The molecule has 2 rings (SSSR count). The third-order valence-corrected chi connectivity index (χ3v) is 3.89. The minimum absolute atomic E-state index is 0.0370. The molecule has 1 aliphatic rings. The average molecular weight is 428 g/mol. The van der Waals surface area contributed by atoms with Gasteiger partial charge in [0.1, 0.15) is 5.75 Å². The molecule has 0 unspecified atom stereocenters. The van der Waals surface area contributed by atoms with E-state index in [2.05, 4.69) is 53.1 Å². The first-order valence-corrected chi connectivity index (χ1v) is 7.51. The molecular weight excluding hydrogens is 418 g/mol. The van der Waals surface area contributed by atoms with Crippen LogP contribution in [-0.2, 0) is 4.79 Å². The molecule has 17 heavy (non-hydrogen) atoms. The number of rotatable bonds is 4. The van der Waals surface area contributed by atoms with E-state index in [0.717, 1.165) is 26.3 Å². The van der Waals surface area contributed by atoms with Gasteiger partial charge in [0.15, 0.2) is 6.61 Å². The van der Waals surface area contributed by atoms with Crippen LogP contribution in [0.4, 0.5) is 0 Å². The van der Waals surface area contributed by atoms with E-state index in [-0.39, 0.29) is 12.5 Å². The second-order valence-corrected chi connectivity index (χ2v) is 6.45. The van der Waals surface area contributed by atoms with Gasteiger partial charge >= 0.3 is 0 Å². The highest BCUT2D eigenvalue weighted by atomic mass is 79.9. The van der Waals surface area contributed by atoms with Gasteiger partial charge in [0.05, 0.1) is 8.95 Å². The molecule has 1 aliphatic carbocycles. The molecule has 1 N–H and O–H groups in total. The Labute approximate surface area is 125 Å². The van der Waals surface area contributed by atoms with E-state index in [9.17, 15) is 4.79 Å². The van der Waals surface area contributed by atoms with E-state index in [1.165, 1.54) is 0 Å². The summed E-state index contributed by atoms with van der Waals surface area (Å²) in [6, 6.07) is 4.11. The van der Waals surface area contributed by atoms with Crippen LogP contribution in [0.25, 0.3) is 0 Å². The van der Waals surface area contributed by atoms with Gasteiger partial charge in [-0.15, -0.1) is 0 Å². The Morgan fingerprint density at radius 2 is 1.88 bits per heavy atom. The lowest BCUT2D eigenvalue weighted by molar-refractivity contribution is -0.123. The predicted molar refractivity (Wildman–Crippen MR) is 76.2 cm³/mol. The van der Waals surface area contributed by atoms with Crippen molar-refractivity contribution in [1.82, 2.24) is 5.32 Å². The molecule has 3 nitrogen and oxygen atoms in total. The van der Waals surface area contributed by atoms with Gasteiger partial charge < -0.3 is 10.1 Å². The Bertz CT molecular complexity index is 423. The number of halogens is 3. The van der Waals surface area contributed by atoms with Crippen molar-refractivity contribution in [2.24, 2.45) is 0 Å². The van der Waals surface area contributed by atoms with Crippen LogP contribution in [0, 0.1) is 0 Å². The van der Waals surface area contributed by atoms with Gasteiger partial charge in [0.2, 0.25) is 0 Å². The lowest BCUT2D eigenvalue weighted by Gasteiger charge is -2.10. The van der Waals surface area contributed by atoms with E-state index < -0.39 is 0 Å².